The van der Waals surface area contributed by atoms with Gasteiger partial charge in [0.1, 0.15) is 5.82 Å². The zero-order valence-electron chi connectivity index (χ0n) is 16.7. The van der Waals surface area contributed by atoms with Gasteiger partial charge in [0.2, 0.25) is 0 Å². The van der Waals surface area contributed by atoms with Gasteiger partial charge < -0.3 is 20.4 Å². The SMILES string of the molecule is CCOC(=O)c1ccc(NC(=O)Nc2cccc(-c3cc4cc(F)ccc4[nH]3)c2)cc1. The fraction of sp³-hybridized carbons (Fsp3) is 0.0833. The Labute approximate surface area is 178 Å². The molecule has 0 unspecified atom stereocenters. The van der Waals surface area contributed by atoms with Gasteiger partial charge >= 0.3 is 12.0 Å². The Morgan fingerprint density at radius 2 is 1.71 bits per heavy atom. The van der Waals surface area contributed by atoms with Gasteiger partial charge in [-0.2, -0.15) is 0 Å². The zero-order chi connectivity index (χ0) is 21.8. The number of aromatic amines is 1. The number of hydrogen-bond donors (Lipinski definition) is 3. The van der Waals surface area contributed by atoms with E-state index >= 15 is 0 Å². The Balaban J connectivity index is 1.44. The molecule has 3 N–H and O–H groups in total. The highest BCUT2D eigenvalue weighted by molar-refractivity contribution is 6.00. The van der Waals surface area contributed by atoms with Crippen LogP contribution in [-0.4, -0.2) is 23.6 Å². The van der Waals surface area contributed by atoms with E-state index in [0.29, 0.717) is 23.5 Å². The van der Waals surface area contributed by atoms with Gasteiger partial charge in [0.25, 0.3) is 0 Å². The Bertz CT molecular complexity index is 1250. The second-order valence-electron chi connectivity index (χ2n) is 6.87. The van der Waals surface area contributed by atoms with E-state index in [9.17, 15) is 14.0 Å². The number of aromatic nitrogens is 1. The highest BCUT2D eigenvalue weighted by atomic mass is 19.1. The van der Waals surface area contributed by atoms with Gasteiger partial charge in [-0.15, -0.1) is 0 Å². The second-order valence-corrected chi connectivity index (χ2v) is 6.87. The topological polar surface area (TPSA) is 83.2 Å². The summed E-state index contributed by atoms with van der Waals surface area (Å²) in [6.45, 7) is 2.04. The normalized spacial score (nSPS) is 10.6. The zero-order valence-corrected chi connectivity index (χ0v) is 16.7. The fourth-order valence-corrected chi connectivity index (χ4v) is 3.22. The molecule has 31 heavy (non-hydrogen) atoms. The van der Waals surface area contributed by atoms with Gasteiger partial charge in [0.15, 0.2) is 0 Å². The Morgan fingerprint density at radius 3 is 2.48 bits per heavy atom. The maximum atomic E-state index is 13.4. The van der Waals surface area contributed by atoms with E-state index in [-0.39, 0.29) is 5.82 Å². The number of benzene rings is 3. The molecule has 6 nitrogen and oxygen atoms in total. The highest BCUT2D eigenvalue weighted by Crippen LogP contribution is 2.26. The van der Waals surface area contributed by atoms with Crippen LogP contribution in [0.1, 0.15) is 17.3 Å². The number of halogens is 1. The molecule has 0 aliphatic rings. The van der Waals surface area contributed by atoms with Crippen molar-refractivity contribution in [2.75, 3.05) is 17.2 Å². The predicted octanol–water partition coefficient (Wildman–Crippen LogP) is 5.79. The maximum Gasteiger partial charge on any atom is 0.338 e. The Kier molecular flexibility index (Phi) is 5.66. The smallest absolute Gasteiger partial charge is 0.338 e. The van der Waals surface area contributed by atoms with Crippen molar-refractivity contribution in [3.8, 4) is 11.3 Å². The molecule has 0 radical (unpaired) electrons. The van der Waals surface area contributed by atoms with Crippen LogP contribution in [0.2, 0.25) is 0 Å². The van der Waals surface area contributed by atoms with Crippen LogP contribution >= 0.6 is 0 Å². The molecule has 0 bridgehead atoms. The van der Waals surface area contributed by atoms with Crippen LogP contribution in [0.15, 0.2) is 72.8 Å². The van der Waals surface area contributed by atoms with Gasteiger partial charge in [-0.25, -0.2) is 14.0 Å². The second kappa shape index (κ2) is 8.71. The molecule has 3 aromatic carbocycles. The van der Waals surface area contributed by atoms with Crippen molar-refractivity contribution in [2.24, 2.45) is 0 Å². The van der Waals surface area contributed by atoms with Crippen molar-refractivity contribution in [2.45, 2.75) is 6.92 Å². The number of carbonyl (C=O) groups excluding carboxylic acids is 2. The molecule has 0 saturated heterocycles. The van der Waals surface area contributed by atoms with Crippen LogP contribution in [0.4, 0.5) is 20.6 Å². The van der Waals surface area contributed by atoms with E-state index in [1.807, 2.05) is 24.3 Å². The minimum Gasteiger partial charge on any atom is -0.462 e. The van der Waals surface area contributed by atoms with E-state index < -0.39 is 12.0 Å². The molecule has 7 heteroatoms. The summed E-state index contributed by atoms with van der Waals surface area (Å²) < 4.78 is 18.4. The van der Waals surface area contributed by atoms with E-state index in [1.54, 1.807) is 43.3 Å². The number of H-pyrrole nitrogens is 1. The first kappa shape index (κ1) is 20.2. The molecule has 1 aromatic heterocycles. The molecule has 0 aliphatic heterocycles. The molecule has 0 fully saturated rings. The third-order valence-electron chi connectivity index (χ3n) is 4.67. The molecule has 0 saturated carbocycles. The predicted molar refractivity (Wildman–Crippen MR) is 119 cm³/mol. The molecule has 0 spiro atoms. The van der Waals surface area contributed by atoms with E-state index in [0.717, 1.165) is 22.2 Å². The van der Waals surface area contributed by atoms with Crippen LogP contribution in [0, 0.1) is 5.82 Å². The number of rotatable bonds is 5. The Morgan fingerprint density at radius 1 is 0.935 bits per heavy atom. The lowest BCUT2D eigenvalue weighted by Gasteiger charge is -2.09. The summed E-state index contributed by atoms with van der Waals surface area (Å²) in [4.78, 5) is 27.3. The highest BCUT2D eigenvalue weighted by Gasteiger charge is 2.09. The van der Waals surface area contributed by atoms with Crippen molar-refractivity contribution in [3.05, 3.63) is 84.2 Å². The van der Waals surface area contributed by atoms with Crippen molar-refractivity contribution < 1.29 is 18.7 Å². The molecule has 4 rings (SSSR count). The first-order valence-corrected chi connectivity index (χ1v) is 9.76. The number of urea groups is 1. The number of fused-ring (bicyclic) bond motifs is 1. The van der Waals surface area contributed by atoms with Crippen molar-refractivity contribution >= 4 is 34.3 Å². The van der Waals surface area contributed by atoms with Crippen LogP contribution in [0.5, 0.6) is 0 Å². The summed E-state index contributed by atoms with van der Waals surface area (Å²) >= 11 is 0. The largest absolute Gasteiger partial charge is 0.462 e. The molecule has 156 valence electrons. The third kappa shape index (κ3) is 4.72. The first-order valence-electron chi connectivity index (χ1n) is 9.76. The molecule has 1 heterocycles. The summed E-state index contributed by atoms with van der Waals surface area (Å²) in [5.74, 6) is -0.699. The number of nitrogens with one attached hydrogen (secondary N) is 3. The van der Waals surface area contributed by atoms with Gasteiger partial charge in [0, 0.05) is 33.5 Å². The number of carbonyl (C=O) groups is 2. The van der Waals surface area contributed by atoms with E-state index in [4.69, 9.17) is 4.74 Å². The molecular formula is C24H20FN3O3. The minimum atomic E-state index is -0.417. The fourth-order valence-electron chi connectivity index (χ4n) is 3.22. The van der Waals surface area contributed by atoms with Gasteiger partial charge in [0.05, 0.1) is 12.2 Å². The van der Waals surface area contributed by atoms with Gasteiger partial charge in [-0.1, -0.05) is 12.1 Å². The lowest BCUT2D eigenvalue weighted by atomic mass is 10.1. The van der Waals surface area contributed by atoms with Gasteiger partial charge in [-0.05, 0) is 67.6 Å². The number of hydrogen-bond acceptors (Lipinski definition) is 3. The first-order chi connectivity index (χ1) is 15.0. The van der Waals surface area contributed by atoms with Crippen molar-refractivity contribution in [1.29, 1.82) is 0 Å². The van der Waals surface area contributed by atoms with Crippen LogP contribution in [0.25, 0.3) is 22.2 Å². The number of ether oxygens (including phenoxy) is 1. The number of amides is 2. The lowest BCUT2D eigenvalue weighted by Crippen LogP contribution is -2.19. The quantitative estimate of drug-likeness (QED) is 0.359. The molecule has 2 amide bonds. The molecular weight excluding hydrogens is 397 g/mol. The average Bonchev–Trinajstić information content (AvgIpc) is 3.18. The minimum absolute atomic E-state index is 0.291. The third-order valence-corrected chi connectivity index (χ3v) is 4.67. The van der Waals surface area contributed by atoms with Crippen LogP contribution < -0.4 is 10.6 Å². The summed E-state index contributed by atoms with van der Waals surface area (Å²) in [5.41, 5.74) is 4.06. The summed E-state index contributed by atoms with van der Waals surface area (Å²) in [6.07, 6.45) is 0. The standard InChI is InChI=1S/C24H20FN3O3/c1-2-31-23(29)15-6-9-19(10-7-15)26-24(30)27-20-5-3-4-16(13-20)22-14-17-12-18(25)8-11-21(17)28-22/h3-14,28H,2H2,1H3,(H2,26,27,30). The van der Waals surface area contributed by atoms with E-state index in [1.165, 1.54) is 12.1 Å². The van der Waals surface area contributed by atoms with E-state index in [2.05, 4.69) is 15.6 Å². The van der Waals surface area contributed by atoms with Crippen molar-refractivity contribution in [3.63, 3.8) is 0 Å². The Hall–Kier alpha value is -4.13. The summed E-state index contributed by atoms with van der Waals surface area (Å²) in [6, 6.07) is 19.8. The summed E-state index contributed by atoms with van der Waals surface area (Å²) in [5, 5.41) is 6.28. The maximum absolute atomic E-state index is 13.4. The number of esters is 1. The van der Waals surface area contributed by atoms with Crippen molar-refractivity contribution in [1.82, 2.24) is 4.98 Å². The average molecular weight is 417 g/mol. The van der Waals surface area contributed by atoms with Crippen LogP contribution in [-0.2, 0) is 4.74 Å². The molecule has 0 atom stereocenters. The summed E-state index contributed by atoms with van der Waals surface area (Å²) in [7, 11) is 0. The molecule has 4 aromatic rings. The lowest BCUT2D eigenvalue weighted by molar-refractivity contribution is 0.0526. The van der Waals surface area contributed by atoms with Crippen LogP contribution in [0.3, 0.4) is 0 Å². The monoisotopic (exact) mass is 417 g/mol. The van der Waals surface area contributed by atoms with Gasteiger partial charge in [-0.3, -0.25) is 0 Å². The number of anilines is 2. The molecule has 0 aliphatic carbocycles.